The third-order valence-electron chi connectivity index (χ3n) is 3.61. The van der Waals surface area contributed by atoms with Crippen molar-refractivity contribution in [2.45, 2.75) is 39.7 Å². The van der Waals surface area contributed by atoms with Crippen molar-refractivity contribution in [2.75, 3.05) is 7.05 Å². The molecule has 0 fully saturated rings. The van der Waals surface area contributed by atoms with E-state index >= 15 is 0 Å². The summed E-state index contributed by atoms with van der Waals surface area (Å²) in [5, 5.41) is 11.9. The van der Waals surface area contributed by atoms with Crippen LogP contribution in [0.5, 0.6) is 0 Å². The minimum Gasteiger partial charge on any atom is -0.313 e. The Morgan fingerprint density at radius 2 is 1.95 bits per heavy atom. The monoisotopic (exact) mass is 269 g/mol. The first-order valence-electron chi connectivity index (χ1n) is 7.20. The lowest BCUT2D eigenvalue weighted by atomic mass is 9.96. The maximum absolute atomic E-state index is 4.33. The molecule has 0 aliphatic rings. The summed E-state index contributed by atoms with van der Waals surface area (Å²) in [7, 11) is 2.01. The molecule has 1 aromatic heterocycles. The van der Waals surface area contributed by atoms with Crippen LogP contribution in [0.4, 0.5) is 0 Å². The van der Waals surface area contributed by atoms with E-state index in [1.807, 2.05) is 14.0 Å². The molecular formula is C17H23N3. The van der Waals surface area contributed by atoms with Crippen LogP contribution in [-0.4, -0.2) is 17.2 Å². The van der Waals surface area contributed by atoms with Gasteiger partial charge >= 0.3 is 0 Å². The van der Waals surface area contributed by atoms with E-state index in [2.05, 4.69) is 59.7 Å². The second kappa shape index (κ2) is 6.62. The molecule has 0 radical (unpaired) electrons. The van der Waals surface area contributed by atoms with Gasteiger partial charge in [0.2, 0.25) is 0 Å². The molecule has 0 amide bonds. The van der Waals surface area contributed by atoms with Gasteiger partial charge in [0.25, 0.3) is 0 Å². The van der Waals surface area contributed by atoms with Gasteiger partial charge in [-0.05, 0) is 50.9 Å². The molecule has 1 N–H and O–H groups in total. The number of hydrogen-bond acceptors (Lipinski definition) is 3. The van der Waals surface area contributed by atoms with Crippen LogP contribution < -0.4 is 5.32 Å². The van der Waals surface area contributed by atoms with Crippen molar-refractivity contribution in [2.24, 2.45) is 0 Å². The molecule has 1 unspecified atom stereocenters. The van der Waals surface area contributed by atoms with Crippen molar-refractivity contribution in [3.8, 4) is 0 Å². The van der Waals surface area contributed by atoms with Gasteiger partial charge in [0.1, 0.15) is 0 Å². The molecule has 0 bridgehead atoms. The fourth-order valence-corrected chi connectivity index (χ4v) is 2.55. The number of nitrogens with zero attached hydrogens (tertiary/aromatic N) is 2. The molecule has 2 aromatic rings. The second-order valence-corrected chi connectivity index (χ2v) is 5.28. The maximum atomic E-state index is 4.33. The summed E-state index contributed by atoms with van der Waals surface area (Å²) in [4.78, 5) is 0. The molecule has 3 heteroatoms. The molecule has 2 rings (SSSR count). The lowest BCUT2D eigenvalue weighted by Crippen LogP contribution is -2.21. The third kappa shape index (κ3) is 3.42. The molecule has 0 aliphatic heterocycles. The summed E-state index contributed by atoms with van der Waals surface area (Å²) in [6.45, 7) is 6.26. The van der Waals surface area contributed by atoms with Crippen LogP contribution in [0.25, 0.3) is 0 Å². The molecule has 0 aliphatic carbocycles. The number of likely N-dealkylation sites (N-methyl/N-ethyl adjacent to an activating group) is 1. The van der Waals surface area contributed by atoms with E-state index in [9.17, 15) is 0 Å². The predicted octanol–water partition coefficient (Wildman–Crippen LogP) is 3.16. The Kier molecular flexibility index (Phi) is 4.85. The van der Waals surface area contributed by atoms with Gasteiger partial charge in [0.05, 0.1) is 11.4 Å². The van der Waals surface area contributed by atoms with E-state index in [1.165, 1.54) is 16.7 Å². The second-order valence-electron chi connectivity index (χ2n) is 5.28. The van der Waals surface area contributed by atoms with Gasteiger partial charge in [-0.3, -0.25) is 0 Å². The SMILES string of the molecule is CCc1nnc(C)cc1C(Cc1cccc(C)c1)NC. The van der Waals surface area contributed by atoms with Gasteiger partial charge in [-0.15, -0.1) is 0 Å². The summed E-state index contributed by atoms with van der Waals surface area (Å²) in [5.41, 5.74) is 5.98. The molecule has 1 aromatic carbocycles. The van der Waals surface area contributed by atoms with E-state index in [4.69, 9.17) is 0 Å². The highest BCUT2D eigenvalue weighted by molar-refractivity contribution is 5.29. The highest BCUT2D eigenvalue weighted by Crippen LogP contribution is 2.22. The minimum absolute atomic E-state index is 0.279. The first kappa shape index (κ1) is 14.7. The zero-order valence-corrected chi connectivity index (χ0v) is 12.8. The number of aromatic nitrogens is 2. The molecule has 20 heavy (non-hydrogen) atoms. The zero-order chi connectivity index (χ0) is 14.5. The normalized spacial score (nSPS) is 12.4. The average Bonchev–Trinajstić information content (AvgIpc) is 2.45. The lowest BCUT2D eigenvalue weighted by Gasteiger charge is -2.19. The number of aryl methyl sites for hydroxylation is 3. The van der Waals surface area contributed by atoms with E-state index in [-0.39, 0.29) is 6.04 Å². The molecule has 0 spiro atoms. The van der Waals surface area contributed by atoms with Crippen molar-refractivity contribution in [1.29, 1.82) is 0 Å². The topological polar surface area (TPSA) is 37.8 Å². The highest BCUT2D eigenvalue weighted by atomic mass is 15.1. The van der Waals surface area contributed by atoms with E-state index in [0.717, 1.165) is 24.2 Å². The standard InChI is InChI=1S/C17H23N3/c1-5-16-15(10-13(3)19-20-16)17(18-4)11-14-8-6-7-12(2)9-14/h6-10,17-18H,5,11H2,1-4H3. The Hall–Kier alpha value is -1.74. The van der Waals surface area contributed by atoms with Gasteiger partial charge in [-0.25, -0.2) is 0 Å². The molecule has 3 nitrogen and oxygen atoms in total. The van der Waals surface area contributed by atoms with Crippen molar-refractivity contribution < 1.29 is 0 Å². The van der Waals surface area contributed by atoms with Gasteiger partial charge in [-0.2, -0.15) is 10.2 Å². The molecule has 1 atom stereocenters. The third-order valence-corrected chi connectivity index (χ3v) is 3.61. The van der Waals surface area contributed by atoms with E-state index in [0.29, 0.717) is 0 Å². The Labute approximate surface area is 121 Å². The maximum Gasteiger partial charge on any atom is 0.0676 e. The first-order valence-corrected chi connectivity index (χ1v) is 7.20. The largest absolute Gasteiger partial charge is 0.313 e. The first-order chi connectivity index (χ1) is 9.63. The lowest BCUT2D eigenvalue weighted by molar-refractivity contribution is 0.578. The number of nitrogens with one attached hydrogen (secondary N) is 1. The number of benzene rings is 1. The van der Waals surface area contributed by atoms with Crippen LogP contribution >= 0.6 is 0 Å². The summed E-state index contributed by atoms with van der Waals surface area (Å²) < 4.78 is 0. The van der Waals surface area contributed by atoms with Crippen LogP contribution in [0.3, 0.4) is 0 Å². The van der Waals surface area contributed by atoms with E-state index in [1.54, 1.807) is 0 Å². The average molecular weight is 269 g/mol. The zero-order valence-electron chi connectivity index (χ0n) is 12.8. The summed E-state index contributed by atoms with van der Waals surface area (Å²) in [6, 6.07) is 11.1. The summed E-state index contributed by atoms with van der Waals surface area (Å²) in [6.07, 6.45) is 1.88. The van der Waals surface area contributed by atoms with Crippen molar-refractivity contribution >= 4 is 0 Å². The summed E-state index contributed by atoms with van der Waals surface area (Å²) >= 11 is 0. The van der Waals surface area contributed by atoms with Crippen molar-refractivity contribution in [1.82, 2.24) is 15.5 Å². The van der Waals surface area contributed by atoms with Crippen molar-refractivity contribution in [3.05, 3.63) is 58.4 Å². The predicted molar refractivity (Wildman–Crippen MR) is 82.8 cm³/mol. The number of rotatable bonds is 5. The highest BCUT2D eigenvalue weighted by Gasteiger charge is 2.15. The molecule has 0 saturated carbocycles. The smallest absolute Gasteiger partial charge is 0.0676 e. The fraction of sp³-hybridized carbons (Fsp3) is 0.412. The van der Waals surface area contributed by atoms with Crippen LogP contribution in [0.2, 0.25) is 0 Å². The number of hydrogen-bond donors (Lipinski definition) is 1. The Morgan fingerprint density at radius 3 is 2.60 bits per heavy atom. The summed E-state index contributed by atoms with van der Waals surface area (Å²) in [5.74, 6) is 0. The van der Waals surface area contributed by atoms with Gasteiger partial charge < -0.3 is 5.32 Å². The van der Waals surface area contributed by atoms with Gasteiger partial charge in [0.15, 0.2) is 0 Å². The van der Waals surface area contributed by atoms with E-state index < -0.39 is 0 Å². The molecule has 106 valence electrons. The van der Waals surface area contributed by atoms with Crippen LogP contribution in [0.1, 0.15) is 41.0 Å². The minimum atomic E-state index is 0.279. The fourth-order valence-electron chi connectivity index (χ4n) is 2.55. The van der Waals surface area contributed by atoms with Crippen LogP contribution in [0.15, 0.2) is 30.3 Å². The molecule has 0 saturated heterocycles. The van der Waals surface area contributed by atoms with Crippen molar-refractivity contribution in [3.63, 3.8) is 0 Å². The van der Waals surface area contributed by atoms with Crippen LogP contribution in [0, 0.1) is 13.8 Å². The molecule has 1 heterocycles. The quantitative estimate of drug-likeness (QED) is 0.906. The Balaban J connectivity index is 2.30. The Bertz CT molecular complexity index is 578. The van der Waals surface area contributed by atoms with Crippen LogP contribution in [-0.2, 0) is 12.8 Å². The Morgan fingerprint density at radius 1 is 1.15 bits per heavy atom. The van der Waals surface area contributed by atoms with Gasteiger partial charge in [0, 0.05) is 6.04 Å². The van der Waals surface area contributed by atoms with Gasteiger partial charge in [-0.1, -0.05) is 36.8 Å². The molecular weight excluding hydrogens is 246 g/mol.